The summed E-state index contributed by atoms with van der Waals surface area (Å²) in [6.07, 6.45) is 4.35. The fourth-order valence-electron chi connectivity index (χ4n) is 4.68. The normalized spacial score (nSPS) is 18.2. The van der Waals surface area contributed by atoms with Crippen molar-refractivity contribution in [3.63, 3.8) is 0 Å². The predicted octanol–water partition coefficient (Wildman–Crippen LogP) is 5.32. The van der Waals surface area contributed by atoms with E-state index >= 15 is 0 Å². The summed E-state index contributed by atoms with van der Waals surface area (Å²) in [5.41, 5.74) is 1.60. The lowest BCUT2D eigenvalue weighted by molar-refractivity contribution is 0.0697. The van der Waals surface area contributed by atoms with Crippen LogP contribution in [0.15, 0.2) is 36.4 Å². The predicted molar refractivity (Wildman–Crippen MR) is 130 cm³/mol. The number of benzene rings is 2. The number of rotatable bonds is 6. The third-order valence-electron chi connectivity index (χ3n) is 6.58. The van der Waals surface area contributed by atoms with Crippen molar-refractivity contribution in [2.45, 2.75) is 31.8 Å². The van der Waals surface area contributed by atoms with Gasteiger partial charge in [0.2, 0.25) is 0 Å². The van der Waals surface area contributed by atoms with Crippen LogP contribution in [0, 0.1) is 17.2 Å². The van der Waals surface area contributed by atoms with Gasteiger partial charge in [-0.15, -0.1) is 0 Å². The minimum atomic E-state index is -1.000. The molecular formula is C25H27Cl2N3O3. The molecule has 0 bridgehead atoms. The summed E-state index contributed by atoms with van der Waals surface area (Å²) in [7, 11) is 0. The Kier molecular flexibility index (Phi) is 7.64. The zero-order chi connectivity index (χ0) is 23.4. The summed E-state index contributed by atoms with van der Waals surface area (Å²) < 4.78 is 6.10. The number of nitrogens with zero attached hydrogens (tertiary/aromatic N) is 3. The van der Waals surface area contributed by atoms with Crippen LogP contribution in [0.4, 0.5) is 5.69 Å². The molecule has 0 aromatic heterocycles. The first-order chi connectivity index (χ1) is 15.9. The number of carbonyl (C=O) groups is 1. The molecule has 0 saturated carbocycles. The maximum Gasteiger partial charge on any atom is 0.337 e. The van der Waals surface area contributed by atoms with Gasteiger partial charge >= 0.3 is 5.97 Å². The molecule has 174 valence electrons. The number of halogens is 2. The second-order valence-corrected chi connectivity index (χ2v) is 9.59. The van der Waals surface area contributed by atoms with Crippen LogP contribution in [0.25, 0.3) is 0 Å². The number of carboxylic acids is 1. The molecule has 0 atom stereocenters. The van der Waals surface area contributed by atoms with E-state index in [1.54, 1.807) is 24.3 Å². The van der Waals surface area contributed by atoms with Gasteiger partial charge in [0.1, 0.15) is 17.9 Å². The molecule has 0 amide bonds. The molecule has 4 rings (SSSR count). The van der Waals surface area contributed by atoms with Crippen molar-refractivity contribution < 1.29 is 14.6 Å². The van der Waals surface area contributed by atoms with Crippen molar-refractivity contribution in [1.29, 1.82) is 5.26 Å². The Morgan fingerprint density at radius 3 is 2.36 bits per heavy atom. The lowest BCUT2D eigenvalue weighted by Gasteiger charge is -2.38. The highest BCUT2D eigenvalue weighted by Crippen LogP contribution is 2.29. The number of nitriles is 1. The fraction of sp³-hybridized carbons (Fsp3) is 0.440. The Morgan fingerprint density at radius 2 is 1.76 bits per heavy atom. The Morgan fingerprint density at radius 1 is 1.03 bits per heavy atom. The van der Waals surface area contributed by atoms with Crippen molar-refractivity contribution >= 4 is 34.9 Å². The number of anilines is 1. The van der Waals surface area contributed by atoms with Gasteiger partial charge in [-0.25, -0.2) is 4.79 Å². The zero-order valence-electron chi connectivity index (χ0n) is 18.3. The minimum Gasteiger partial charge on any atom is -0.490 e. The molecule has 6 nitrogen and oxygen atoms in total. The van der Waals surface area contributed by atoms with Gasteiger partial charge in [0, 0.05) is 44.5 Å². The first-order valence-electron chi connectivity index (χ1n) is 11.3. The summed E-state index contributed by atoms with van der Waals surface area (Å²) in [5.74, 6) is 0.381. The minimum absolute atomic E-state index is 0.143. The fourth-order valence-corrected chi connectivity index (χ4v) is 5.14. The maximum absolute atomic E-state index is 11.2. The van der Waals surface area contributed by atoms with Gasteiger partial charge < -0.3 is 19.6 Å². The molecule has 2 aromatic carbocycles. The van der Waals surface area contributed by atoms with Crippen molar-refractivity contribution in [3.05, 3.63) is 57.6 Å². The number of likely N-dealkylation sites (tertiary alicyclic amines) is 1. The van der Waals surface area contributed by atoms with Crippen molar-refractivity contribution in [2.24, 2.45) is 5.92 Å². The number of ether oxygens (including phenoxy) is 1. The molecule has 33 heavy (non-hydrogen) atoms. The second-order valence-electron chi connectivity index (χ2n) is 8.77. The number of carboxylic acid groups (broad SMARTS) is 1. The van der Waals surface area contributed by atoms with Crippen LogP contribution in [0.2, 0.25) is 10.0 Å². The third kappa shape index (κ3) is 5.92. The molecule has 2 saturated heterocycles. The molecule has 2 aliphatic heterocycles. The van der Waals surface area contributed by atoms with Gasteiger partial charge in [-0.2, -0.15) is 5.26 Å². The number of hydrogen-bond donors (Lipinski definition) is 1. The van der Waals surface area contributed by atoms with E-state index in [1.165, 1.54) is 0 Å². The molecule has 2 aromatic rings. The van der Waals surface area contributed by atoms with Gasteiger partial charge in [0.15, 0.2) is 0 Å². The van der Waals surface area contributed by atoms with Gasteiger partial charge in [-0.3, -0.25) is 0 Å². The summed E-state index contributed by atoms with van der Waals surface area (Å²) >= 11 is 12.3. The van der Waals surface area contributed by atoms with Crippen molar-refractivity contribution in [3.8, 4) is 11.8 Å². The molecular weight excluding hydrogens is 461 g/mol. The van der Waals surface area contributed by atoms with Crippen LogP contribution in [-0.4, -0.2) is 54.8 Å². The maximum atomic E-state index is 11.2. The van der Waals surface area contributed by atoms with Crippen LogP contribution in [0.3, 0.4) is 0 Å². The van der Waals surface area contributed by atoms with Gasteiger partial charge in [0.05, 0.1) is 21.2 Å². The lowest BCUT2D eigenvalue weighted by atomic mass is 9.94. The highest BCUT2D eigenvalue weighted by Gasteiger charge is 2.26. The molecule has 1 N–H and O–H groups in total. The molecule has 2 aliphatic rings. The highest BCUT2D eigenvalue weighted by molar-refractivity contribution is 6.33. The first-order valence-corrected chi connectivity index (χ1v) is 12.0. The van der Waals surface area contributed by atoms with Crippen molar-refractivity contribution in [1.82, 2.24) is 4.90 Å². The van der Waals surface area contributed by atoms with Crippen LogP contribution in [0.5, 0.6) is 5.75 Å². The van der Waals surface area contributed by atoms with Gasteiger partial charge in [-0.05, 0) is 61.9 Å². The number of aromatic carboxylic acids is 1. The monoisotopic (exact) mass is 487 g/mol. The highest BCUT2D eigenvalue weighted by atomic mass is 35.5. The van der Waals surface area contributed by atoms with E-state index in [0.29, 0.717) is 16.5 Å². The summed E-state index contributed by atoms with van der Waals surface area (Å²) in [5, 5.41) is 18.9. The van der Waals surface area contributed by atoms with E-state index in [4.69, 9.17) is 38.3 Å². The average molecular weight is 488 g/mol. The smallest absolute Gasteiger partial charge is 0.337 e. The largest absolute Gasteiger partial charge is 0.490 e. The van der Waals surface area contributed by atoms with Crippen LogP contribution >= 0.6 is 23.2 Å². The average Bonchev–Trinajstić information content (AvgIpc) is 2.81. The molecule has 2 heterocycles. The zero-order valence-corrected chi connectivity index (χ0v) is 19.9. The molecule has 8 heteroatoms. The van der Waals surface area contributed by atoms with Crippen molar-refractivity contribution in [2.75, 3.05) is 37.6 Å². The Balaban J connectivity index is 1.21. The van der Waals surface area contributed by atoms with E-state index in [1.807, 2.05) is 12.1 Å². The third-order valence-corrected chi connectivity index (χ3v) is 7.20. The standard InChI is InChI=1S/C25H27Cl2N3O3/c26-23-14-21(3-1-18(23)15-28)33-20-7-9-29(10-8-20)16-17-5-11-30(12-6-17)19-2-4-22(25(31)32)24(27)13-19/h1-4,13-14,17,20H,5-12,16H2,(H,31,32). The molecule has 0 spiro atoms. The quantitative estimate of drug-likeness (QED) is 0.593. The van der Waals surface area contributed by atoms with E-state index in [9.17, 15) is 4.79 Å². The molecule has 0 radical (unpaired) electrons. The van der Waals surface area contributed by atoms with E-state index < -0.39 is 5.97 Å². The molecule has 2 fully saturated rings. The summed E-state index contributed by atoms with van der Waals surface area (Å²) in [6.45, 7) is 5.03. The molecule has 0 aliphatic carbocycles. The van der Waals surface area contributed by atoms with Crippen LogP contribution in [0.1, 0.15) is 41.6 Å². The lowest BCUT2D eigenvalue weighted by Crippen LogP contribution is -2.43. The summed E-state index contributed by atoms with van der Waals surface area (Å²) in [6, 6.07) is 12.5. The topological polar surface area (TPSA) is 76.8 Å². The Hall–Kier alpha value is -2.46. The van der Waals surface area contributed by atoms with E-state index in [0.717, 1.165) is 69.8 Å². The number of piperidine rings is 2. The van der Waals surface area contributed by atoms with E-state index in [-0.39, 0.29) is 16.7 Å². The Labute approximate surface area is 204 Å². The number of hydrogen-bond acceptors (Lipinski definition) is 5. The van der Waals surface area contributed by atoms with E-state index in [2.05, 4.69) is 15.9 Å². The van der Waals surface area contributed by atoms with Gasteiger partial charge in [-0.1, -0.05) is 23.2 Å². The SMILES string of the molecule is N#Cc1ccc(OC2CCN(CC3CCN(c4ccc(C(=O)O)c(Cl)c4)CC3)CC2)cc1Cl. The summed E-state index contributed by atoms with van der Waals surface area (Å²) in [4.78, 5) is 16.0. The second kappa shape index (κ2) is 10.6. The van der Waals surface area contributed by atoms with Crippen LogP contribution in [-0.2, 0) is 0 Å². The first kappa shape index (κ1) is 23.7. The molecule has 0 unspecified atom stereocenters. The van der Waals surface area contributed by atoms with Gasteiger partial charge in [0.25, 0.3) is 0 Å². The Bertz CT molecular complexity index is 1040. The van der Waals surface area contributed by atoms with Crippen LogP contribution < -0.4 is 9.64 Å².